The largest absolute Gasteiger partial charge is 0.315 e. The second-order valence-electron chi connectivity index (χ2n) is 5.68. The van der Waals surface area contributed by atoms with Gasteiger partial charge >= 0.3 is 0 Å². The quantitative estimate of drug-likeness (QED) is 0.768. The van der Waals surface area contributed by atoms with E-state index in [9.17, 15) is 16.8 Å². The summed E-state index contributed by atoms with van der Waals surface area (Å²) in [6.45, 7) is 4.02. The fourth-order valence-electron chi connectivity index (χ4n) is 3.00. The molecule has 0 bridgehead atoms. The summed E-state index contributed by atoms with van der Waals surface area (Å²) in [6, 6.07) is -0.0306. The summed E-state index contributed by atoms with van der Waals surface area (Å²) in [5, 5.41) is 2.48. The molecule has 2 atom stereocenters. The minimum Gasteiger partial charge on any atom is -0.315 e. The lowest BCUT2D eigenvalue weighted by atomic mass is 10.1. The number of hydrogen-bond acceptors (Lipinski definition) is 5. The van der Waals surface area contributed by atoms with Gasteiger partial charge < -0.3 is 5.32 Å². The molecule has 2 unspecified atom stereocenters. The Morgan fingerprint density at radius 2 is 2.05 bits per heavy atom. The van der Waals surface area contributed by atoms with Gasteiger partial charge in [-0.15, -0.1) is 0 Å². The van der Waals surface area contributed by atoms with Crippen molar-refractivity contribution < 1.29 is 16.8 Å². The van der Waals surface area contributed by atoms with Gasteiger partial charge in [0.2, 0.25) is 10.0 Å². The molecule has 2 aliphatic heterocycles. The monoisotopic (exact) mass is 324 g/mol. The van der Waals surface area contributed by atoms with Crippen molar-refractivity contribution in [2.24, 2.45) is 0 Å². The zero-order valence-corrected chi connectivity index (χ0v) is 13.5. The summed E-state index contributed by atoms with van der Waals surface area (Å²) in [7, 11) is -6.70. The Morgan fingerprint density at radius 1 is 1.30 bits per heavy atom. The lowest BCUT2D eigenvalue weighted by Crippen LogP contribution is -2.51. The summed E-state index contributed by atoms with van der Waals surface area (Å²) in [5.41, 5.74) is 0. The van der Waals surface area contributed by atoms with Crippen molar-refractivity contribution in [3.8, 4) is 0 Å². The van der Waals surface area contributed by atoms with E-state index in [1.807, 2.05) is 6.92 Å². The third kappa shape index (κ3) is 3.52. The van der Waals surface area contributed by atoms with Crippen molar-refractivity contribution in [1.29, 1.82) is 0 Å². The molecule has 0 radical (unpaired) electrons. The van der Waals surface area contributed by atoms with Crippen LogP contribution >= 0.6 is 0 Å². The van der Waals surface area contributed by atoms with Crippen molar-refractivity contribution in [2.45, 2.75) is 43.9 Å². The molecule has 2 saturated heterocycles. The molecule has 20 heavy (non-hydrogen) atoms. The van der Waals surface area contributed by atoms with Gasteiger partial charge in [-0.05, 0) is 32.2 Å². The van der Waals surface area contributed by atoms with Crippen LogP contribution in [0.5, 0.6) is 0 Å². The van der Waals surface area contributed by atoms with Gasteiger partial charge in [-0.3, -0.25) is 0 Å². The van der Waals surface area contributed by atoms with Gasteiger partial charge in [-0.1, -0.05) is 6.92 Å². The number of rotatable bonds is 5. The molecule has 2 aliphatic rings. The highest BCUT2D eigenvalue weighted by atomic mass is 32.2. The second-order valence-corrected chi connectivity index (χ2v) is 10.1. The molecule has 2 fully saturated rings. The highest BCUT2D eigenvalue weighted by molar-refractivity contribution is 7.95. The van der Waals surface area contributed by atoms with Gasteiger partial charge in [0.15, 0.2) is 9.84 Å². The molecule has 2 rings (SSSR count). The van der Waals surface area contributed by atoms with Crippen molar-refractivity contribution in [3.05, 3.63) is 0 Å². The number of nitrogens with zero attached hydrogens (tertiary/aromatic N) is 1. The zero-order valence-electron chi connectivity index (χ0n) is 11.9. The molecule has 118 valence electrons. The van der Waals surface area contributed by atoms with Gasteiger partial charge in [0.05, 0.1) is 16.8 Å². The summed E-state index contributed by atoms with van der Waals surface area (Å²) < 4.78 is 50.1. The van der Waals surface area contributed by atoms with Crippen LogP contribution in [0, 0.1) is 0 Å². The standard InChI is InChI=1S/C12H24N2O4S2/c1-2-7-14(11-4-3-6-13-9-11)20(17,18)12-5-8-19(15,16)10-12/h11-13H,2-10H2,1H3. The minimum absolute atomic E-state index is 0.000220. The smallest absolute Gasteiger partial charge is 0.218 e. The topological polar surface area (TPSA) is 83.6 Å². The molecule has 0 spiro atoms. The predicted octanol–water partition coefficient (Wildman–Crippen LogP) is -0.0327. The van der Waals surface area contributed by atoms with Crippen molar-refractivity contribution in [2.75, 3.05) is 31.1 Å². The van der Waals surface area contributed by atoms with E-state index >= 15 is 0 Å². The molecule has 6 nitrogen and oxygen atoms in total. The summed E-state index contributed by atoms with van der Waals surface area (Å²) in [6.07, 6.45) is 2.80. The summed E-state index contributed by atoms with van der Waals surface area (Å²) in [5.74, 6) is -0.213. The van der Waals surface area contributed by atoms with E-state index in [2.05, 4.69) is 5.32 Å². The third-order valence-electron chi connectivity index (χ3n) is 4.06. The Labute approximate surface area is 121 Å². The average Bonchev–Trinajstić information content (AvgIpc) is 2.78. The Balaban J connectivity index is 2.18. The van der Waals surface area contributed by atoms with Crippen LogP contribution < -0.4 is 5.32 Å². The fourth-order valence-corrected chi connectivity index (χ4v) is 7.84. The van der Waals surface area contributed by atoms with Gasteiger partial charge in [-0.25, -0.2) is 16.8 Å². The first-order chi connectivity index (χ1) is 9.37. The highest BCUT2D eigenvalue weighted by Gasteiger charge is 2.42. The molecular weight excluding hydrogens is 300 g/mol. The maximum atomic E-state index is 12.7. The second kappa shape index (κ2) is 6.29. The van der Waals surface area contributed by atoms with E-state index in [1.54, 1.807) is 4.31 Å². The summed E-state index contributed by atoms with van der Waals surface area (Å²) in [4.78, 5) is 0. The molecule has 2 heterocycles. The van der Waals surface area contributed by atoms with Crippen LogP contribution in [-0.4, -0.2) is 63.6 Å². The van der Waals surface area contributed by atoms with Crippen molar-refractivity contribution >= 4 is 19.9 Å². The van der Waals surface area contributed by atoms with Gasteiger partial charge in [0.25, 0.3) is 0 Å². The van der Waals surface area contributed by atoms with Crippen molar-refractivity contribution in [3.63, 3.8) is 0 Å². The number of piperidine rings is 1. The highest BCUT2D eigenvalue weighted by Crippen LogP contribution is 2.25. The van der Waals surface area contributed by atoms with Crippen LogP contribution in [-0.2, 0) is 19.9 Å². The fraction of sp³-hybridized carbons (Fsp3) is 1.00. The van der Waals surface area contributed by atoms with E-state index < -0.39 is 25.1 Å². The van der Waals surface area contributed by atoms with Crippen molar-refractivity contribution in [1.82, 2.24) is 9.62 Å². The first-order valence-corrected chi connectivity index (χ1v) is 10.6. The maximum absolute atomic E-state index is 12.7. The Bertz CT molecular complexity index is 524. The normalized spacial score (nSPS) is 30.7. The zero-order chi connectivity index (χ0) is 14.8. The number of hydrogen-bond donors (Lipinski definition) is 1. The van der Waals surface area contributed by atoms with Crippen LogP contribution in [0.2, 0.25) is 0 Å². The van der Waals surface area contributed by atoms with Crippen LogP contribution in [0.1, 0.15) is 32.6 Å². The van der Waals surface area contributed by atoms with E-state index in [0.717, 1.165) is 25.8 Å². The van der Waals surface area contributed by atoms with Gasteiger partial charge in [-0.2, -0.15) is 4.31 Å². The van der Waals surface area contributed by atoms with Gasteiger partial charge in [0.1, 0.15) is 0 Å². The van der Waals surface area contributed by atoms with Crippen LogP contribution in [0.3, 0.4) is 0 Å². The number of sulfonamides is 1. The van der Waals surface area contributed by atoms with E-state index in [-0.39, 0.29) is 24.0 Å². The minimum atomic E-state index is -3.52. The van der Waals surface area contributed by atoms with Crippen LogP contribution in [0.4, 0.5) is 0 Å². The molecule has 0 amide bonds. The molecule has 8 heteroatoms. The molecule has 0 saturated carbocycles. The van der Waals surface area contributed by atoms with E-state index in [1.165, 1.54) is 0 Å². The third-order valence-corrected chi connectivity index (χ3v) is 8.42. The SMILES string of the molecule is CCCN(C1CCCNC1)S(=O)(=O)C1CCS(=O)(=O)C1. The van der Waals surface area contributed by atoms with E-state index in [0.29, 0.717) is 13.1 Å². The molecular formula is C12H24N2O4S2. The Morgan fingerprint density at radius 3 is 2.55 bits per heavy atom. The molecule has 0 aromatic carbocycles. The van der Waals surface area contributed by atoms with Crippen LogP contribution in [0.25, 0.3) is 0 Å². The molecule has 0 aliphatic carbocycles. The van der Waals surface area contributed by atoms with E-state index in [4.69, 9.17) is 0 Å². The number of sulfone groups is 1. The average molecular weight is 324 g/mol. The first-order valence-electron chi connectivity index (χ1n) is 7.28. The van der Waals surface area contributed by atoms with Gasteiger partial charge in [0, 0.05) is 19.1 Å². The van der Waals surface area contributed by atoms with Crippen LogP contribution in [0.15, 0.2) is 0 Å². The Hall–Kier alpha value is -0.180. The first kappa shape index (κ1) is 16.2. The lowest BCUT2D eigenvalue weighted by molar-refractivity contribution is 0.264. The molecule has 0 aromatic heterocycles. The maximum Gasteiger partial charge on any atom is 0.218 e. The lowest BCUT2D eigenvalue weighted by Gasteiger charge is -2.35. The summed E-state index contributed by atoms with van der Waals surface area (Å²) >= 11 is 0. The predicted molar refractivity (Wildman–Crippen MR) is 78.9 cm³/mol. The number of nitrogens with one attached hydrogen (secondary N) is 1. The molecule has 0 aromatic rings. The molecule has 1 N–H and O–H groups in total. The Kier molecular flexibility index (Phi) is 5.09.